The Labute approximate surface area is 73.4 Å². The fraction of sp³-hybridized carbons (Fsp3) is 0.444. The molecular weight excluding hydrogens is 150 g/mol. The number of hydrogen-bond donors (Lipinski definition) is 1. The van der Waals surface area contributed by atoms with Crippen molar-refractivity contribution in [2.45, 2.75) is 19.4 Å². The first kappa shape index (κ1) is 8.84. The minimum absolute atomic E-state index is 0.230. The largest absolute Gasteiger partial charge is 0.306 e. The summed E-state index contributed by atoms with van der Waals surface area (Å²) in [5.41, 5.74) is 3.77. The number of rotatable bonds is 0. The van der Waals surface area contributed by atoms with Gasteiger partial charge in [-0.25, -0.2) is 0 Å². The molecule has 0 bridgehead atoms. The molecule has 12 heavy (non-hydrogen) atoms. The molecule has 3 nitrogen and oxygen atoms in total. The molecule has 1 heterocycles. The Morgan fingerprint density at radius 3 is 2.92 bits per heavy atom. The van der Waals surface area contributed by atoms with E-state index in [0.29, 0.717) is 0 Å². The van der Waals surface area contributed by atoms with Gasteiger partial charge in [0.05, 0.1) is 11.2 Å². The second-order valence-corrected chi connectivity index (χ2v) is 3.33. The fourth-order valence-electron chi connectivity index (χ4n) is 0.990. The van der Waals surface area contributed by atoms with Crippen LogP contribution in [-0.4, -0.2) is 23.8 Å². The average molecular weight is 165 g/mol. The molecular formula is C9H15N3. The third kappa shape index (κ3) is 1.67. The SMILES string of the molecule is C=C1N(C)N/C=C\C=NC1(C)C. The topological polar surface area (TPSA) is 27.6 Å². The van der Waals surface area contributed by atoms with Crippen LogP contribution >= 0.6 is 0 Å². The Bertz CT molecular complexity index is 238. The van der Waals surface area contributed by atoms with Crippen LogP contribution in [0.15, 0.2) is 29.5 Å². The summed E-state index contributed by atoms with van der Waals surface area (Å²) in [5, 5.41) is 1.87. The molecule has 0 aliphatic carbocycles. The molecule has 0 saturated carbocycles. The summed E-state index contributed by atoms with van der Waals surface area (Å²) in [6, 6.07) is 0. The van der Waals surface area contributed by atoms with Gasteiger partial charge in [0.2, 0.25) is 0 Å². The first-order valence-electron chi connectivity index (χ1n) is 3.94. The van der Waals surface area contributed by atoms with Crippen molar-refractivity contribution in [2.24, 2.45) is 4.99 Å². The van der Waals surface area contributed by atoms with Gasteiger partial charge in [0.1, 0.15) is 0 Å². The van der Waals surface area contributed by atoms with Crippen LogP contribution in [0.4, 0.5) is 0 Å². The number of nitrogens with zero attached hydrogens (tertiary/aromatic N) is 2. The zero-order valence-corrected chi connectivity index (χ0v) is 7.83. The van der Waals surface area contributed by atoms with E-state index < -0.39 is 0 Å². The van der Waals surface area contributed by atoms with Gasteiger partial charge in [-0.15, -0.1) is 0 Å². The van der Waals surface area contributed by atoms with Crippen molar-refractivity contribution < 1.29 is 0 Å². The third-order valence-corrected chi connectivity index (χ3v) is 1.96. The zero-order chi connectivity index (χ0) is 9.19. The van der Waals surface area contributed by atoms with Crippen LogP contribution < -0.4 is 5.43 Å². The summed E-state index contributed by atoms with van der Waals surface area (Å²) >= 11 is 0. The van der Waals surface area contributed by atoms with E-state index in [1.807, 2.05) is 38.2 Å². The molecule has 0 radical (unpaired) electrons. The molecule has 0 unspecified atom stereocenters. The van der Waals surface area contributed by atoms with Gasteiger partial charge in [0.25, 0.3) is 0 Å². The van der Waals surface area contributed by atoms with Crippen molar-refractivity contribution in [1.82, 2.24) is 10.4 Å². The normalized spacial score (nSPS) is 24.2. The van der Waals surface area contributed by atoms with Gasteiger partial charge < -0.3 is 5.43 Å². The molecule has 0 aromatic carbocycles. The first-order valence-corrected chi connectivity index (χ1v) is 3.94. The molecule has 0 saturated heterocycles. The van der Waals surface area contributed by atoms with Crippen LogP contribution in [0.25, 0.3) is 0 Å². The molecule has 1 aliphatic rings. The van der Waals surface area contributed by atoms with Crippen LogP contribution in [0, 0.1) is 0 Å². The lowest BCUT2D eigenvalue weighted by Gasteiger charge is -2.31. The Morgan fingerprint density at radius 1 is 1.58 bits per heavy atom. The quantitative estimate of drug-likeness (QED) is 0.586. The summed E-state index contributed by atoms with van der Waals surface area (Å²) in [6.45, 7) is 8.03. The Balaban J connectivity index is 2.92. The number of allylic oxidation sites excluding steroid dienone is 1. The highest BCUT2D eigenvalue weighted by Crippen LogP contribution is 2.20. The zero-order valence-electron chi connectivity index (χ0n) is 7.83. The van der Waals surface area contributed by atoms with Crippen LogP contribution in [0.3, 0.4) is 0 Å². The van der Waals surface area contributed by atoms with Crippen molar-refractivity contribution in [3.63, 3.8) is 0 Å². The number of hydrogen-bond acceptors (Lipinski definition) is 3. The van der Waals surface area contributed by atoms with Gasteiger partial charge in [0, 0.05) is 19.5 Å². The highest BCUT2D eigenvalue weighted by Gasteiger charge is 2.22. The molecule has 1 N–H and O–H groups in total. The van der Waals surface area contributed by atoms with E-state index in [4.69, 9.17) is 0 Å². The summed E-state index contributed by atoms with van der Waals surface area (Å²) in [7, 11) is 1.93. The second-order valence-electron chi connectivity index (χ2n) is 3.33. The molecule has 0 aromatic rings. The molecule has 0 atom stereocenters. The smallest absolute Gasteiger partial charge is 0.0959 e. The number of aliphatic imine (C=N–C) groups is 1. The van der Waals surface area contributed by atoms with Crippen molar-refractivity contribution >= 4 is 6.21 Å². The number of hydrazine groups is 1. The van der Waals surface area contributed by atoms with Crippen molar-refractivity contribution in [2.75, 3.05) is 7.05 Å². The van der Waals surface area contributed by atoms with Gasteiger partial charge in [-0.3, -0.25) is 10.0 Å². The van der Waals surface area contributed by atoms with Gasteiger partial charge >= 0.3 is 0 Å². The van der Waals surface area contributed by atoms with Crippen LogP contribution in [0.1, 0.15) is 13.8 Å². The maximum absolute atomic E-state index is 4.35. The van der Waals surface area contributed by atoms with E-state index in [2.05, 4.69) is 17.0 Å². The number of likely N-dealkylation sites (N-methyl/N-ethyl adjacent to an activating group) is 1. The summed E-state index contributed by atoms with van der Waals surface area (Å²) in [6.07, 6.45) is 5.47. The highest BCUT2D eigenvalue weighted by molar-refractivity contribution is 5.71. The summed E-state index contributed by atoms with van der Waals surface area (Å²) in [4.78, 5) is 4.35. The maximum Gasteiger partial charge on any atom is 0.0959 e. The van der Waals surface area contributed by atoms with Crippen LogP contribution in [0.5, 0.6) is 0 Å². The van der Waals surface area contributed by atoms with Crippen LogP contribution in [-0.2, 0) is 0 Å². The van der Waals surface area contributed by atoms with E-state index in [-0.39, 0.29) is 5.54 Å². The Kier molecular flexibility index (Phi) is 2.22. The summed E-state index contributed by atoms with van der Waals surface area (Å²) < 4.78 is 0. The molecule has 0 aromatic heterocycles. The predicted octanol–water partition coefficient (Wildman–Crippen LogP) is 1.31. The van der Waals surface area contributed by atoms with Crippen molar-refractivity contribution in [3.8, 4) is 0 Å². The lowest BCUT2D eigenvalue weighted by molar-refractivity contribution is 0.301. The van der Waals surface area contributed by atoms with E-state index in [1.165, 1.54) is 0 Å². The van der Waals surface area contributed by atoms with Crippen molar-refractivity contribution in [3.05, 3.63) is 24.6 Å². The second kappa shape index (κ2) is 3.01. The minimum Gasteiger partial charge on any atom is -0.306 e. The molecule has 1 rings (SSSR count). The average Bonchev–Trinajstić information content (AvgIpc) is 2.00. The van der Waals surface area contributed by atoms with E-state index in [0.717, 1.165) is 5.70 Å². The first-order chi connectivity index (χ1) is 5.54. The monoisotopic (exact) mass is 165 g/mol. The van der Waals surface area contributed by atoms with Gasteiger partial charge in [-0.2, -0.15) is 0 Å². The number of nitrogens with one attached hydrogen (secondary N) is 1. The minimum atomic E-state index is -0.230. The predicted molar refractivity (Wildman–Crippen MR) is 51.7 cm³/mol. The molecule has 66 valence electrons. The van der Waals surface area contributed by atoms with Gasteiger partial charge in [-0.1, -0.05) is 6.58 Å². The summed E-state index contributed by atoms with van der Waals surface area (Å²) in [5.74, 6) is 0. The molecule has 0 spiro atoms. The molecule has 0 fully saturated rings. The Hall–Kier alpha value is -1.25. The van der Waals surface area contributed by atoms with Crippen molar-refractivity contribution in [1.29, 1.82) is 0 Å². The molecule has 3 heteroatoms. The lowest BCUT2D eigenvalue weighted by Crippen LogP contribution is -2.38. The van der Waals surface area contributed by atoms with E-state index >= 15 is 0 Å². The fourth-order valence-corrected chi connectivity index (χ4v) is 0.990. The third-order valence-electron chi connectivity index (χ3n) is 1.96. The standard InChI is InChI=1S/C9H15N3/c1-8-9(2,3)10-6-5-7-11-12(8)4/h5-7,11H,1H2,2-4H3/b7-5-,10-6?. The molecule has 1 aliphatic heterocycles. The van der Waals surface area contributed by atoms with Crippen LogP contribution in [0.2, 0.25) is 0 Å². The maximum atomic E-state index is 4.35. The lowest BCUT2D eigenvalue weighted by atomic mass is 10.0. The van der Waals surface area contributed by atoms with Gasteiger partial charge in [0.15, 0.2) is 0 Å². The Morgan fingerprint density at radius 2 is 2.25 bits per heavy atom. The van der Waals surface area contributed by atoms with E-state index in [9.17, 15) is 0 Å². The van der Waals surface area contributed by atoms with E-state index in [1.54, 1.807) is 6.21 Å². The van der Waals surface area contributed by atoms with Gasteiger partial charge in [-0.05, 0) is 19.9 Å². The highest BCUT2D eigenvalue weighted by atomic mass is 15.5. The molecule has 0 amide bonds.